The van der Waals surface area contributed by atoms with E-state index in [9.17, 15) is 8.42 Å². The molecule has 0 fully saturated rings. The molecular formula is C5H11N5O2S. The standard InChI is InChI=1S/C5H11N5O2S/c1-3-4(6)5(10(2)8-3)9-13(7,11)12/h9H,6H2,1-2H3,(H2,7,11,12). The van der Waals surface area contributed by atoms with Crippen molar-refractivity contribution in [2.75, 3.05) is 10.5 Å². The third-order valence-electron chi connectivity index (χ3n) is 1.51. The fraction of sp³-hybridized carbons (Fsp3) is 0.400. The molecule has 7 nitrogen and oxygen atoms in total. The first kappa shape index (κ1) is 9.81. The van der Waals surface area contributed by atoms with Crippen molar-refractivity contribution in [2.24, 2.45) is 12.2 Å². The second-order valence-electron chi connectivity index (χ2n) is 2.62. The molecule has 1 aromatic heterocycles. The number of nitrogens with zero attached hydrogens (tertiary/aromatic N) is 2. The van der Waals surface area contributed by atoms with Gasteiger partial charge >= 0.3 is 0 Å². The molecule has 0 saturated heterocycles. The van der Waals surface area contributed by atoms with E-state index in [1.807, 2.05) is 0 Å². The van der Waals surface area contributed by atoms with E-state index >= 15 is 0 Å². The molecule has 0 aliphatic carbocycles. The summed E-state index contributed by atoms with van der Waals surface area (Å²) in [5, 5.41) is 8.68. The summed E-state index contributed by atoms with van der Waals surface area (Å²) in [5.74, 6) is 0.181. The molecule has 1 aromatic rings. The van der Waals surface area contributed by atoms with Crippen LogP contribution in [0.2, 0.25) is 0 Å². The van der Waals surface area contributed by atoms with Crippen molar-refractivity contribution in [3.63, 3.8) is 0 Å². The van der Waals surface area contributed by atoms with Gasteiger partial charge in [0.1, 0.15) is 0 Å². The van der Waals surface area contributed by atoms with Gasteiger partial charge in [-0.3, -0.25) is 4.72 Å². The largest absolute Gasteiger partial charge is 0.394 e. The van der Waals surface area contributed by atoms with E-state index in [-0.39, 0.29) is 11.5 Å². The first-order valence-corrected chi connectivity index (χ1v) is 4.95. The molecule has 0 aromatic carbocycles. The first-order valence-electron chi connectivity index (χ1n) is 3.41. The van der Waals surface area contributed by atoms with Crippen LogP contribution in [0.5, 0.6) is 0 Å². The number of nitrogens with one attached hydrogen (secondary N) is 1. The van der Waals surface area contributed by atoms with Crippen LogP contribution in [0.3, 0.4) is 0 Å². The van der Waals surface area contributed by atoms with Gasteiger partial charge in [-0.2, -0.15) is 13.5 Å². The summed E-state index contributed by atoms with van der Waals surface area (Å²) in [7, 11) is -2.23. The van der Waals surface area contributed by atoms with Crippen LogP contribution >= 0.6 is 0 Å². The summed E-state index contributed by atoms with van der Waals surface area (Å²) < 4.78 is 24.7. The van der Waals surface area contributed by atoms with Gasteiger partial charge in [0.2, 0.25) is 0 Å². The Kier molecular flexibility index (Phi) is 2.18. The molecule has 0 spiro atoms. The maximum absolute atomic E-state index is 10.7. The summed E-state index contributed by atoms with van der Waals surface area (Å²) in [4.78, 5) is 0. The van der Waals surface area contributed by atoms with E-state index in [2.05, 4.69) is 9.82 Å². The zero-order valence-corrected chi connectivity index (χ0v) is 8.09. The van der Waals surface area contributed by atoms with Crippen LogP contribution in [0, 0.1) is 6.92 Å². The third kappa shape index (κ3) is 2.10. The van der Waals surface area contributed by atoms with Crippen molar-refractivity contribution in [2.45, 2.75) is 6.92 Å². The highest BCUT2D eigenvalue weighted by Gasteiger charge is 2.13. The molecule has 5 N–H and O–H groups in total. The van der Waals surface area contributed by atoms with Crippen molar-refractivity contribution in [3.8, 4) is 0 Å². The van der Waals surface area contributed by atoms with E-state index in [0.29, 0.717) is 5.69 Å². The van der Waals surface area contributed by atoms with E-state index in [0.717, 1.165) is 0 Å². The molecule has 0 saturated carbocycles. The number of nitrogen functional groups attached to an aromatic ring is 1. The minimum Gasteiger partial charge on any atom is -0.394 e. The number of rotatable bonds is 2. The average molecular weight is 205 g/mol. The molecule has 0 atom stereocenters. The highest BCUT2D eigenvalue weighted by molar-refractivity contribution is 7.90. The second kappa shape index (κ2) is 2.89. The molecule has 0 unspecified atom stereocenters. The quantitative estimate of drug-likeness (QED) is 0.569. The predicted molar refractivity (Wildman–Crippen MR) is 49.1 cm³/mol. The van der Waals surface area contributed by atoms with Gasteiger partial charge in [0.15, 0.2) is 5.82 Å². The van der Waals surface area contributed by atoms with Gasteiger partial charge in [-0.05, 0) is 6.92 Å². The van der Waals surface area contributed by atoms with Gasteiger partial charge in [0.05, 0.1) is 11.4 Å². The van der Waals surface area contributed by atoms with Crippen molar-refractivity contribution < 1.29 is 8.42 Å². The predicted octanol–water partition coefficient (Wildman–Crippen LogP) is -1.07. The van der Waals surface area contributed by atoms with Crippen LogP contribution < -0.4 is 15.6 Å². The fourth-order valence-electron chi connectivity index (χ4n) is 0.930. The number of anilines is 2. The zero-order valence-electron chi connectivity index (χ0n) is 7.27. The Hall–Kier alpha value is -1.28. The SMILES string of the molecule is Cc1nn(C)c(NS(N)(=O)=O)c1N. The monoisotopic (exact) mass is 205 g/mol. The van der Waals surface area contributed by atoms with Gasteiger partial charge in [-0.1, -0.05) is 0 Å². The summed E-state index contributed by atoms with van der Waals surface area (Å²) in [6.45, 7) is 1.67. The van der Waals surface area contributed by atoms with E-state index in [4.69, 9.17) is 10.9 Å². The lowest BCUT2D eigenvalue weighted by molar-refractivity contribution is 0.602. The number of nitrogens with two attached hydrogens (primary N) is 2. The molecule has 0 bridgehead atoms. The molecule has 0 aliphatic heterocycles. The summed E-state index contributed by atoms with van der Waals surface area (Å²) >= 11 is 0. The van der Waals surface area contributed by atoms with Crippen LogP contribution in [0.1, 0.15) is 5.69 Å². The Morgan fingerprint density at radius 2 is 2.08 bits per heavy atom. The van der Waals surface area contributed by atoms with Gasteiger partial charge in [0, 0.05) is 7.05 Å². The Labute approximate surface area is 75.9 Å². The fourth-order valence-corrected chi connectivity index (χ4v) is 1.44. The van der Waals surface area contributed by atoms with E-state index in [1.165, 1.54) is 4.68 Å². The van der Waals surface area contributed by atoms with E-state index < -0.39 is 10.2 Å². The number of hydrogen-bond donors (Lipinski definition) is 3. The number of aromatic nitrogens is 2. The van der Waals surface area contributed by atoms with Gasteiger partial charge in [-0.25, -0.2) is 9.82 Å². The maximum Gasteiger partial charge on any atom is 0.297 e. The molecule has 1 rings (SSSR count). The van der Waals surface area contributed by atoms with Crippen LogP contribution in [0.15, 0.2) is 0 Å². The first-order chi connectivity index (χ1) is 5.81. The average Bonchev–Trinajstić information content (AvgIpc) is 2.14. The highest BCUT2D eigenvalue weighted by atomic mass is 32.2. The molecule has 0 amide bonds. The van der Waals surface area contributed by atoms with Crippen LogP contribution in [-0.4, -0.2) is 18.2 Å². The Morgan fingerprint density at radius 1 is 1.54 bits per heavy atom. The van der Waals surface area contributed by atoms with Gasteiger partial charge in [0.25, 0.3) is 10.2 Å². The Balaban J connectivity index is 3.15. The molecular weight excluding hydrogens is 194 g/mol. The Morgan fingerprint density at radius 3 is 2.38 bits per heavy atom. The van der Waals surface area contributed by atoms with Crippen molar-refractivity contribution in [1.29, 1.82) is 0 Å². The van der Waals surface area contributed by atoms with Gasteiger partial charge < -0.3 is 5.73 Å². The topological polar surface area (TPSA) is 116 Å². The van der Waals surface area contributed by atoms with Crippen molar-refractivity contribution in [1.82, 2.24) is 9.78 Å². The molecule has 0 aliphatic rings. The lowest BCUT2D eigenvalue weighted by atomic mass is 10.4. The Bertz CT molecular complexity index is 420. The van der Waals surface area contributed by atoms with Crippen LogP contribution in [-0.2, 0) is 17.3 Å². The number of aryl methyl sites for hydroxylation is 2. The minimum atomic E-state index is -3.80. The molecule has 13 heavy (non-hydrogen) atoms. The van der Waals surface area contributed by atoms with E-state index in [1.54, 1.807) is 14.0 Å². The molecule has 1 heterocycles. The van der Waals surface area contributed by atoms with Crippen LogP contribution in [0.4, 0.5) is 11.5 Å². The lowest BCUT2D eigenvalue weighted by Crippen LogP contribution is -2.23. The normalized spacial score (nSPS) is 11.6. The molecule has 0 radical (unpaired) electrons. The van der Waals surface area contributed by atoms with Crippen molar-refractivity contribution >= 4 is 21.7 Å². The molecule has 74 valence electrons. The summed E-state index contributed by atoms with van der Waals surface area (Å²) in [5.41, 5.74) is 6.37. The number of hydrogen-bond acceptors (Lipinski definition) is 4. The second-order valence-corrected chi connectivity index (χ2v) is 3.91. The lowest BCUT2D eigenvalue weighted by Gasteiger charge is -2.03. The van der Waals surface area contributed by atoms with Crippen molar-refractivity contribution in [3.05, 3.63) is 5.69 Å². The summed E-state index contributed by atoms with van der Waals surface area (Å²) in [6.07, 6.45) is 0. The molecule has 8 heteroatoms. The zero-order chi connectivity index (χ0) is 10.2. The minimum absolute atomic E-state index is 0.181. The smallest absolute Gasteiger partial charge is 0.297 e. The maximum atomic E-state index is 10.7. The third-order valence-corrected chi connectivity index (χ3v) is 1.99. The highest BCUT2D eigenvalue weighted by Crippen LogP contribution is 2.20. The van der Waals surface area contributed by atoms with Gasteiger partial charge in [-0.15, -0.1) is 0 Å². The van der Waals surface area contributed by atoms with Crippen LogP contribution in [0.25, 0.3) is 0 Å². The summed E-state index contributed by atoms with van der Waals surface area (Å²) in [6, 6.07) is 0.